The molecule has 2 aliphatic rings. The Hall–Kier alpha value is -1.49. The smallest absolute Gasteiger partial charge is 0.310 e. The van der Waals surface area contributed by atoms with Crippen LogP contribution in [0.3, 0.4) is 0 Å². The summed E-state index contributed by atoms with van der Waals surface area (Å²) in [6, 6.07) is 1.43. The Morgan fingerprint density at radius 1 is 1.32 bits per heavy atom. The summed E-state index contributed by atoms with van der Waals surface area (Å²) in [5.41, 5.74) is 0. The molecule has 10 heteroatoms. The number of rotatable bonds is 8. The highest BCUT2D eigenvalue weighted by molar-refractivity contribution is 7.87. The van der Waals surface area contributed by atoms with E-state index >= 15 is 0 Å². The lowest BCUT2D eigenvalue weighted by molar-refractivity contribution is -0.118. The molecule has 3 rings (SSSR count). The molecule has 0 N–H and O–H groups in total. The summed E-state index contributed by atoms with van der Waals surface area (Å²) in [4.78, 5) is 10.3. The Bertz CT molecular complexity index is 659. The summed E-state index contributed by atoms with van der Waals surface area (Å²) in [6.07, 6.45) is 1.51. The van der Waals surface area contributed by atoms with Gasteiger partial charge in [-0.1, -0.05) is 0 Å². The SMILES string of the molecule is CCS(=O)(=O)Oc1ccnc(N2CC(COCC3COCCO3)C2)n1. The molecule has 2 saturated heterocycles. The van der Waals surface area contributed by atoms with Gasteiger partial charge in [-0.25, -0.2) is 4.98 Å². The number of nitrogens with zero attached hydrogens (tertiary/aromatic N) is 3. The first kappa shape index (κ1) is 18.3. The van der Waals surface area contributed by atoms with Gasteiger partial charge in [-0.3, -0.25) is 0 Å². The zero-order valence-electron chi connectivity index (χ0n) is 14.2. The summed E-state index contributed by atoms with van der Waals surface area (Å²) >= 11 is 0. The molecular weight excluding hydrogens is 350 g/mol. The number of aromatic nitrogens is 2. The van der Waals surface area contributed by atoms with Crippen LogP contribution in [-0.2, 0) is 24.3 Å². The molecule has 0 aliphatic carbocycles. The van der Waals surface area contributed by atoms with E-state index in [1.807, 2.05) is 4.90 Å². The second-order valence-corrected chi connectivity index (χ2v) is 7.86. The van der Waals surface area contributed by atoms with Gasteiger partial charge in [-0.2, -0.15) is 13.4 Å². The molecule has 3 heterocycles. The summed E-state index contributed by atoms with van der Waals surface area (Å²) < 4.78 is 44.5. The minimum atomic E-state index is -3.59. The standard InChI is InChI=1S/C15H23N3O6S/c1-2-25(19,20)24-14-3-4-16-15(17-14)18-7-12(8-18)9-22-11-13-10-21-5-6-23-13/h3-4,12-13H,2,5-11H2,1H3. The largest absolute Gasteiger partial charge is 0.378 e. The van der Waals surface area contributed by atoms with Gasteiger partial charge in [0.15, 0.2) is 0 Å². The van der Waals surface area contributed by atoms with E-state index in [9.17, 15) is 8.42 Å². The quantitative estimate of drug-likeness (QED) is 0.586. The number of anilines is 1. The van der Waals surface area contributed by atoms with Crippen LogP contribution < -0.4 is 9.08 Å². The van der Waals surface area contributed by atoms with Crippen molar-refractivity contribution in [2.45, 2.75) is 13.0 Å². The van der Waals surface area contributed by atoms with E-state index in [1.54, 1.807) is 0 Å². The highest BCUT2D eigenvalue weighted by Crippen LogP contribution is 2.23. The second-order valence-electron chi connectivity index (χ2n) is 6.00. The lowest BCUT2D eigenvalue weighted by Crippen LogP contribution is -2.50. The normalized spacial score (nSPS) is 21.8. The zero-order valence-corrected chi connectivity index (χ0v) is 15.0. The Morgan fingerprint density at radius 3 is 2.88 bits per heavy atom. The lowest BCUT2D eigenvalue weighted by Gasteiger charge is -2.39. The van der Waals surface area contributed by atoms with E-state index in [0.29, 0.717) is 44.9 Å². The maximum atomic E-state index is 11.5. The van der Waals surface area contributed by atoms with E-state index in [-0.39, 0.29) is 17.7 Å². The lowest BCUT2D eigenvalue weighted by atomic mass is 10.0. The topological polar surface area (TPSA) is 100 Å². The van der Waals surface area contributed by atoms with Crippen molar-refractivity contribution in [3.05, 3.63) is 12.3 Å². The van der Waals surface area contributed by atoms with Gasteiger partial charge in [-0.05, 0) is 6.92 Å². The molecule has 25 heavy (non-hydrogen) atoms. The minimum absolute atomic E-state index is 0.0163. The monoisotopic (exact) mass is 373 g/mol. The molecule has 140 valence electrons. The van der Waals surface area contributed by atoms with Crippen LogP contribution in [0.2, 0.25) is 0 Å². The Balaban J connectivity index is 1.41. The maximum Gasteiger partial charge on any atom is 0.310 e. The van der Waals surface area contributed by atoms with Gasteiger partial charge in [0.05, 0.1) is 38.8 Å². The van der Waals surface area contributed by atoms with E-state index in [1.165, 1.54) is 19.2 Å². The summed E-state index contributed by atoms with van der Waals surface area (Å²) in [7, 11) is -3.59. The van der Waals surface area contributed by atoms with E-state index in [0.717, 1.165) is 13.1 Å². The van der Waals surface area contributed by atoms with Gasteiger partial charge in [0.1, 0.15) is 6.10 Å². The Morgan fingerprint density at radius 2 is 2.16 bits per heavy atom. The van der Waals surface area contributed by atoms with Crippen LogP contribution in [0.15, 0.2) is 12.3 Å². The molecule has 1 atom stereocenters. The molecule has 0 saturated carbocycles. The molecule has 1 aromatic heterocycles. The van der Waals surface area contributed by atoms with Crippen LogP contribution in [0.4, 0.5) is 5.95 Å². The van der Waals surface area contributed by atoms with Crippen molar-refractivity contribution in [2.24, 2.45) is 5.92 Å². The third-order valence-electron chi connectivity index (χ3n) is 3.97. The van der Waals surface area contributed by atoms with Gasteiger partial charge in [0.25, 0.3) is 0 Å². The van der Waals surface area contributed by atoms with Crippen LogP contribution in [-0.4, -0.2) is 76.4 Å². The van der Waals surface area contributed by atoms with Crippen LogP contribution in [0.25, 0.3) is 0 Å². The van der Waals surface area contributed by atoms with Gasteiger partial charge >= 0.3 is 10.1 Å². The van der Waals surface area contributed by atoms with E-state index in [2.05, 4.69) is 9.97 Å². The van der Waals surface area contributed by atoms with Crippen molar-refractivity contribution in [1.29, 1.82) is 0 Å². The molecule has 2 fully saturated rings. The van der Waals surface area contributed by atoms with Crippen LogP contribution in [0, 0.1) is 5.92 Å². The summed E-state index contributed by atoms with van der Waals surface area (Å²) in [5, 5.41) is 0. The molecule has 0 bridgehead atoms. The van der Waals surface area contributed by atoms with Crippen molar-refractivity contribution in [1.82, 2.24) is 9.97 Å². The van der Waals surface area contributed by atoms with Crippen molar-refractivity contribution >= 4 is 16.1 Å². The molecule has 0 aromatic carbocycles. The van der Waals surface area contributed by atoms with Crippen LogP contribution in [0.5, 0.6) is 5.88 Å². The number of hydrogen-bond donors (Lipinski definition) is 0. The van der Waals surface area contributed by atoms with Crippen LogP contribution >= 0.6 is 0 Å². The fourth-order valence-electron chi connectivity index (χ4n) is 2.56. The highest BCUT2D eigenvalue weighted by atomic mass is 32.2. The minimum Gasteiger partial charge on any atom is -0.378 e. The van der Waals surface area contributed by atoms with Crippen molar-refractivity contribution in [3.63, 3.8) is 0 Å². The fourth-order valence-corrected chi connectivity index (χ4v) is 3.03. The molecule has 0 spiro atoms. The molecule has 1 aromatic rings. The predicted octanol–water partition coefficient (Wildman–Crippen LogP) is 0.0733. The van der Waals surface area contributed by atoms with Gasteiger partial charge in [0, 0.05) is 31.3 Å². The summed E-state index contributed by atoms with van der Waals surface area (Å²) in [6.45, 7) is 6.05. The second kappa shape index (κ2) is 8.26. The molecule has 0 radical (unpaired) electrons. The first-order valence-corrected chi connectivity index (χ1v) is 9.90. The zero-order chi connectivity index (χ0) is 17.7. The van der Waals surface area contributed by atoms with Crippen molar-refractivity contribution in [3.8, 4) is 5.88 Å². The van der Waals surface area contributed by atoms with Crippen molar-refractivity contribution < 1.29 is 26.8 Å². The third kappa shape index (κ3) is 5.24. The number of hydrogen-bond acceptors (Lipinski definition) is 9. The van der Waals surface area contributed by atoms with Gasteiger partial charge in [-0.15, -0.1) is 0 Å². The molecule has 0 amide bonds. The average Bonchev–Trinajstić information content (AvgIpc) is 2.57. The molecule has 2 aliphatic heterocycles. The fraction of sp³-hybridized carbons (Fsp3) is 0.733. The van der Waals surface area contributed by atoms with E-state index < -0.39 is 10.1 Å². The molecule has 1 unspecified atom stereocenters. The summed E-state index contributed by atoms with van der Waals surface area (Å²) in [5.74, 6) is 0.785. The number of ether oxygens (including phenoxy) is 3. The maximum absolute atomic E-state index is 11.5. The van der Waals surface area contributed by atoms with Crippen molar-refractivity contribution in [2.75, 3.05) is 56.8 Å². The third-order valence-corrected chi connectivity index (χ3v) is 5.10. The molecular formula is C15H23N3O6S. The Labute approximate surface area is 147 Å². The average molecular weight is 373 g/mol. The first-order chi connectivity index (χ1) is 12.1. The Kier molecular flexibility index (Phi) is 6.05. The highest BCUT2D eigenvalue weighted by Gasteiger charge is 2.29. The van der Waals surface area contributed by atoms with Gasteiger partial charge in [0.2, 0.25) is 11.8 Å². The van der Waals surface area contributed by atoms with Crippen LogP contribution in [0.1, 0.15) is 6.92 Å². The predicted molar refractivity (Wildman–Crippen MR) is 89.2 cm³/mol. The van der Waals surface area contributed by atoms with Gasteiger partial charge < -0.3 is 23.3 Å². The molecule has 9 nitrogen and oxygen atoms in total. The first-order valence-electron chi connectivity index (χ1n) is 8.33. The van der Waals surface area contributed by atoms with E-state index in [4.69, 9.17) is 18.4 Å².